The number of rotatable bonds is 6. The molecule has 0 aromatic carbocycles. The highest BCUT2D eigenvalue weighted by Crippen LogP contribution is 2.39. The van der Waals surface area contributed by atoms with Crippen molar-refractivity contribution in [1.29, 1.82) is 0 Å². The number of nitrogen functional groups attached to an aromatic ring is 1. The molecule has 1 aliphatic rings. The molecular formula is C14H24N4. The molecule has 1 aromatic heterocycles. The summed E-state index contributed by atoms with van der Waals surface area (Å²) in [5.41, 5.74) is 6.95. The Balaban J connectivity index is 2.10. The Kier molecular flexibility index (Phi) is 4.04. The summed E-state index contributed by atoms with van der Waals surface area (Å²) < 4.78 is 0. The van der Waals surface area contributed by atoms with Gasteiger partial charge in [0.05, 0.1) is 0 Å². The number of nitrogens with zero attached hydrogens (tertiary/aromatic N) is 2. The van der Waals surface area contributed by atoms with Gasteiger partial charge < -0.3 is 11.1 Å². The second-order valence-electron chi connectivity index (χ2n) is 5.40. The molecule has 1 aromatic rings. The fraction of sp³-hybridized carbons (Fsp3) is 0.714. The van der Waals surface area contributed by atoms with E-state index in [0.29, 0.717) is 17.8 Å². The molecule has 18 heavy (non-hydrogen) atoms. The first-order chi connectivity index (χ1) is 8.61. The highest BCUT2D eigenvalue weighted by atomic mass is 15.1. The smallest absolute Gasteiger partial charge is 0.136 e. The van der Waals surface area contributed by atoms with Crippen molar-refractivity contribution in [2.45, 2.75) is 64.8 Å². The van der Waals surface area contributed by atoms with E-state index in [1.54, 1.807) is 0 Å². The fourth-order valence-electron chi connectivity index (χ4n) is 2.03. The van der Waals surface area contributed by atoms with Crippen molar-refractivity contribution in [3.8, 4) is 0 Å². The van der Waals surface area contributed by atoms with Crippen molar-refractivity contribution in [3.05, 3.63) is 11.4 Å². The van der Waals surface area contributed by atoms with Crippen LogP contribution in [0.2, 0.25) is 0 Å². The normalized spacial score (nSPS) is 16.6. The van der Waals surface area contributed by atoms with Gasteiger partial charge in [0, 0.05) is 17.5 Å². The maximum atomic E-state index is 5.97. The van der Waals surface area contributed by atoms with E-state index in [1.165, 1.54) is 32.1 Å². The Morgan fingerprint density at radius 1 is 1.39 bits per heavy atom. The number of nitrogens with one attached hydrogen (secondary N) is 1. The fourth-order valence-corrected chi connectivity index (χ4v) is 2.03. The molecular weight excluding hydrogens is 224 g/mol. The molecule has 4 nitrogen and oxygen atoms in total. The van der Waals surface area contributed by atoms with Gasteiger partial charge in [-0.2, -0.15) is 0 Å². The molecule has 0 amide bonds. The number of aromatic nitrogens is 2. The summed E-state index contributed by atoms with van der Waals surface area (Å²) in [6.45, 7) is 6.40. The third kappa shape index (κ3) is 3.12. The summed E-state index contributed by atoms with van der Waals surface area (Å²) in [6, 6.07) is 0.435. The second-order valence-corrected chi connectivity index (χ2v) is 5.40. The van der Waals surface area contributed by atoms with E-state index in [0.717, 1.165) is 17.2 Å². The van der Waals surface area contributed by atoms with Crippen LogP contribution in [0, 0.1) is 6.92 Å². The van der Waals surface area contributed by atoms with Gasteiger partial charge in [-0.05, 0) is 33.1 Å². The van der Waals surface area contributed by atoms with Gasteiger partial charge in [0.2, 0.25) is 0 Å². The third-order valence-corrected chi connectivity index (χ3v) is 3.52. The van der Waals surface area contributed by atoms with E-state index in [9.17, 15) is 0 Å². The molecule has 1 heterocycles. The lowest BCUT2D eigenvalue weighted by Crippen LogP contribution is -2.18. The van der Waals surface area contributed by atoms with Crippen molar-refractivity contribution in [3.63, 3.8) is 0 Å². The molecule has 3 N–H and O–H groups in total. The van der Waals surface area contributed by atoms with E-state index in [1.807, 2.05) is 6.92 Å². The minimum Gasteiger partial charge on any atom is -0.383 e. The number of unbranched alkanes of at least 4 members (excludes halogenated alkanes) is 1. The molecule has 0 saturated heterocycles. The lowest BCUT2D eigenvalue weighted by atomic mass is 10.1. The van der Waals surface area contributed by atoms with Gasteiger partial charge in [-0.15, -0.1) is 0 Å². The molecule has 0 radical (unpaired) electrons. The van der Waals surface area contributed by atoms with E-state index >= 15 is 0 Å². The average Bonchev–Trinajstić information content (AvgIpc) is 3.16. The summed E-state index contributed by atoms with van der Waals surface area (Å²) in [5.74, 6) is 3.01. The number of anilines is 2. The molecule has 0 aliphatic heterocycles. The topological polar surface area (TPSA) is 63.8 Å². The Labute approximate surface area is 109 Å². The molecule has 2 rings (SSSR count). The van der Waals surface area contributed by atoms with E-state index < -0.39 is 0 Å². The van der Waals surface area contributed by atoms with Gasteiger partial charge in [0.15, 0.2) is 0 Å². The lowest BCUT2D eigenvalue weighted by Gasteiger charge is -2.17. The minimum absolute atomic E-state index is 0.435. The van der Waals surface area contributed by atoms with Crippen LogP contribution in [-0.2, 0) is 0 Å². The molecule has 1 fully saturated rings. The first kappa shape index (κ1) is 13.1. The van der Waals surface area contributed by atoms with Crippen LogP contribution in [0.1, 0.15) is 63.3 Å². The summed E-state index contributed by atoms with van der Waals surface area (Å²) in [4.78, 5) is 9.03. The number of hydrogen-bond donors (Lipinski definition) is 2. The molecule has 1 atom stereocenters. The Bertz CT molecular complexity index is 413. The van der Waals surface area contributed by atoms with E-state index in [-0.39, 0.29) is 0 Å². The molecule has 4 heteroatoms. The van der Waals surface area contributed by atoms with Crippen LogP contribution in [-0.4, -0.2) is 16.0 Å². The van der Waals surface area contributed by atoms with Gasteiger partial charge in [-0.3, -0.25) is 0 Å². The maximum Gasteiger partial charge on any atom is 0.136 e. The van der Waals surface area contributed by atoms with Crippen molar-refractivity contribution in [2.75, 3.05) is 11.1 Å². The van der Waals surface area contributed by atoms with Crippen LogP contribution in [0.5, 0.6) is 0 Å². The first-order valence-electron chi connectivity index (χ1n) is 7.02. The minimum atomic E-state index is 0.435. The van der Waals surface area contributed by atoms with Crippen molar-refractivity contribution in [1.82, 2.24) is 9.97 Å². The Morgan fingerprint density at radius 3 is 2.72 bits per heavy atom. The zero-order chi connectivity index (χ0) is 13.1. The first-order valence-corrected chi connectivity index (χ1v) is 7.02. The van der Waals surface area contributed by atoms with Crippen molar-refractivity contribution >= 4 is 11.6 Å². The number of hydrogen-bond acceptors (Lipinski definition) is 4. The predicted octanol–water partition coefficient (Wildman–Crippen LogP) is 3.24. The van der Waals surface area contributed by atoms with Crippen molar-refractivity contribution in [2.24, 2.45) is 0 Å². The van der Waals surface area contributed by atoms with Crippen LogP contribution in [0.25, 0.3) is 0 Å². The maximum absolute atomic E-state index is 5.97. The lowest BCUT2D eigenvalue weighted by molar-refractivity contribution is 0.642. The SMILES string of the molecule is CCCCC(C)Nc1nc(C2CC2)nc(N)c1C. The number of nitrogens with two attached hydrogens (primary N) is 1. The summed E-state index contributed by atoms with van der Waals surface area (Å²) >= 11 is 0. The summed E-state index contributed by atoms with van der Waals surface area (Å²) in [6.07, 6.45) is 6.03. The summed E-state index contributed by atoms with van der Waals surface area (Å²) in [5, 5.41) is 3.48. The zero-order valence-corrected chi connectivity index (χ0v) is 11.7. The van der Waals surface area contributed by atoms with Gasteiger partial charge in [-0.1, -0.05) is 19.8 Å². The van der Waals surface area contributed by atoms with Crippen LogP contribution in [0.3, 0.4) is 0 Å². The van der Waals surface area contributed by atoms with Crippen LogP contribution < -0.4 is 11.1 Å². The molecule has 1 saturated carbocycles. The second kappa shape index (κ2) is 5.55. The molecule has 1 aliphatic carbocycles. The van der Waals surface area contributed by atoms with E-state index in [2.05, 4.69) is 29.1 Å². The average molecular weight is 248 g/mol. The monoisotopic (exact) mass is 248 g/mol. The highest BCUT2D eigenvalue weighted by molar-refractivity contribution is 5.55. The predicted molar refractivity (Wildman–Crippen MR) is 75.8 cm³/mol. The Morgan fingerprint density at radius 2 is 2.11 bits per heavy atom. The molecule has 1 unspecified atom stereocenters. The van der Waals surface area contributed by atoms with Gasteiger partial charge in [0.25, 0.3) is 0 Å². The zero-order valence-electron chi connectivity index (χ0n) is 11.7. The largest absolute Gasteiger partial charge is 0.383 e. The van der Waals surface area contributed by atoms with Crippen molar-refractivity contribution < 1.29 is 0 Å². The molecule has 0 bridgehead atoms. The molecule has 0 spiro atoms. The van der Waals surface area contributed by atoms with Gasteiger partial charge >= 0.3 is 0 Å². The highest BCUT2D eigenvalue weighted by Gasteiger charge is 2.28. The standard InChI is InChI=1S/C14H24N4/c1-4-5-6-9(2)16-13-10(3)12(15)17-14(18-13)11-7-8-11/h9,11H,4-8H2,1-3H3,(H3,15,16,17,18). The summed E-state index contributed by atoms with van der Waals surface area (Å²) in [7, 11) is 0. The Hall–Kier alpha value is -1.32. The van der Waals surface area contributed by atoms with Crippen LogP contribution >= 0.6 is 0 Å². The van der Waals surface area contributed by atoms with Crippen LogP contribution in [0.4, 0.5) is 11.6 Å². The quantitative estimate of drug-likeness (QED) is 0.811. The van der Waals surface area contributed by atoms with E-state index in [4.69, 9.17) is 5.73 Å². The van der Waals surface area contributed by atoms with Gasteiger partial charge in [-0.25, -0.2) is 9.97 Å². The van der Waals surface area contributed by atoms with Gasteiger partial charge in [0.1, 0.15) is 17.5 Å². The third-order valence-electron chi connectivity index (χ3n) is 3.52. The molecule has 100 valence electrons. The van der Waals surface area contributed by atoms with Crippen LogP contribution in [0.15, 0.2) is 0 Å².